The van der Waals surface area contributed by atoms with E-state index in [2.05, 4.69) is 17.0 Å². The van der Waals surface area contributed by atoms with Crippen LogP contribution in [0.3, 0.4) is 0 Å². The van der Waals surface area contributed by atoms with Crippen LogP contribution in [-0.4, -0.2) is 32.6 Å². The van der Waals surface area contributed by atoms with Gasteiger partial charge in [0.2, 0.25) is 0 Å². The highest BCUT2D eigenvalue weighted by Gasteiger charge is 2.14. The average Bonchev–Trinajstić information content (AvgIpc) is 3.08. The molecule has 1 aliphatic rings. The summed E-state index contributed by atoms with van der Waals surface area (Å²) in [7, 11) is 0. The second kappa shape index (κ2) is 5.22. The van der Waals surface area contributed by atoms with Crippen molar-refractivity contribution in [3.8, 4) is 9.75 Å². The minimum atomic E-state index is 0.784. The summed E-state index contributed by atoms with van der Waals surface area (Å²) < 4.78 is 5.36. The second-order valence-corrected chi connectivity index (χ2v) is 6.23. The Balaban J connectivity index is 1.81. The topological polar surface area (TPSA) is 29.5 Å². The molecule has 2 aromatic rings. The molecule has 0 aliphatic carbocycles. The van der Waals surface area contributed by atoms with Crippen molar-refractivity contribution < 1.29 is 9.53 Å². The molecular weight excluding hydrogens is 266 g/mol. The summed E-state index contributed by atoms with van der Waals surface area (Å²) in [4.78, 5) is 16.2. The van der Waals surface area contributed by atoms with E-state index in [1.165, 1.54) is 14.8 Å². The highest BCUT2D eigenvalue weighted by atomic mass is 32.1. The maximum atomic E-state index is 10.7. The van der Waals surface area contributed by atoms with E-state index in [4.69, 9.17) is 4.74 Å². The number of anilines is 1. The third kappa shape index (κ3) is 2.34. The van der Waals surface area contributed by atoms with Crippen molar-refractivity contribution in [1.82, 2.24) is 0 Å². The van der Waals surface area contributed by atoms with Crippen LogP contribution in [0.15, 0.2) is 24.3 Å². The predicted octanol–water partition coefficient (Wildman–Crippen LogP) is 3.13. The van der Waals surface area contributed by atoms with Gasteiger partial charge in [-0.3, -0.25) is 4.79 Å². The molecular formula is C13H13NO2S2. The molecule has 2 aromatic heterocycles. The number of hydrogen-bond acceptors (Lipinski definition) is 5. The van der Waals surface area contributed by atoms with Gasteiger partial charge in [0.25, 0.3) is 0 Å². The summed E-state index contributed by atoms with van der Waals surface area (Å²) in [5.74, 6) is 0. The first-order valence-corrected chi connectivity index (χ1v) is 7.48. The highest BCUT2D eigenvalue weighted by Crippen LogP contribution is 2.37. The molecule has 0 bridgehead atoms. The smallest absolute Gasteiger partial charge is 0.160 e. The first-order valence-electron chi connectivity index (χ1n) is 5.85. The molecule has 0 saturated carbocycles. The van der Waals surface area contributed by atoms with Crippen molar-refractivity contribution in [2.75, 3.05) is 31.2 Å². The predicted molar refractivity (Wildman–Crippen MR) is 76.1 cm³/mol. The number of thiophene rings is 2. The third-order valence-corrected chi connectivity index (χ3v) is 5.25. The zero-order valence-corrected chi connectivity index (χ0v) is 11.4. The number of aldehydes is 1. The standard InChI is InChI=1S/C13H13NO2S2/c15-9-10-1-2-11(17-10)12-3-4-13(18-12)14-5-7-16-8-6-14/h1-4,9H,5-8H2. The summed E-state index contributed by atoms with van der Waals surface area (Å²) in [5, 5.41) is 1.29. The van der Waals surface area contributed by atoms with Crippen LogP contribution in [0.25, 0.3) is 9.75 Å². The van der Waals surface area contributed by atoms with Crippen molar-refractivity contribution >= 4 is 34.0 Å². The van der Waals surface area contributed by atoms with Gasteiger partial charge in [0, 0.05) is 22.8 Å². The van der Waals surface area contributed by atoms with Crippen LogP contribution in [0.2, 0.25) is 0 Å². The van der Waals surface area contributed by atoms with E-state index < -0.39 is 0 Å². The fourth-order valence-electron chi connectivity index (χ4n) is 1.96. The van der Waals surface area contributed by atoms with Gasteiger partial charge in [-0.2, -0.15) is 0 Å². The second-order valence-electron chi connectivity index (χ2n) is 4.06. The lowest BCUT2D eigenvalue weighted by atomic mass is 10.3. The van der Waals surface area contributed by atoms with Crippen molar-refractivity contribution in [1.29, 1.82) is 0 Å². The Morgan fingerprint density at radius 3 is 2.50 bits per heavy atom. The number of carbonyl (C=O) groups excluding carboxylic acids is 1. The molecule has 18 heavy (non-hydrogen) atoms. The summed E-state index contributed by atoms with van der Waals surface area (Å²) in [6, 6.07) is 8.19. The van der Waals surface area contributed by atoms with Crippen LogP contribution < -0.4 is 4.90 Å². The number of nitrogens with zero attached hydrogens (tertiary/aromatic N) is 1. The van der Waals surface area contributed by atoms with Gasteiger partial charge in [-0.15, -0.1) is 22.7 Å². The lowest BCUT2D eigenvalue weighted by molar-refractivity contribution is 0.112. The van der Waals surface area contributed by atoms with E-state index in [0.717, 1.165) is 37.5 Å². The molecule has 0 atom stereocenters. The van der Waals surface area contributed by atoms with Crippen LogP contribution in [-0.2, 0) is 4.74 Å². The molecule has 0 aromatic carbocycles. The number of rotatable bonds is 3. The van der Waals surface area contributed by atoms with Gasteiger partial charge >= 0.3 is 0 Å². The van der Waals surface area contributed by atoms with Crippen molar-refractivity contribution in [2.45, 2.75) is 0 Å². The van der Waals surface area contributed by atoms with Gasteiger partial charge in [-0.05, 0) is 24.3 Å². The molecule has 1 saturated heterocycles. The normalized spacial score (nSPS) is 15.9. The van der Waals surface area contributed by atoms with Gasteiger partial charge in [-0.1, -0.05) is 0 Å². The van der Waals surface area contributed by atoms with Crippen molar-refractivity contribution in [2.24, 2.45) is 0 Å². The number of hydrogen-bond donors (Lipinski definition) is 0. The van der Waals surface area contributed by atoms with Crippen LogP contribution in [0.5, 0.6) is 0 Å². The Hall–Kier alpha value is -1.17. The lowest BCUT2D eigenvalue weighted by Gasteiger charge is -2.27. The molecule has 1 fully saturated rings. The van der Waals surface area contributed by atoms with Crippen LogP contribution >= 0.6 is 22.7 Å². The molecule has 94 valence electrons. The van der Waals surface area contributed by atoms with Crippen molar-refractivity contribution in [3.63, 3.8) is 0 Å². The Bertz CT molecular complexity index is 541. The van der Waals surface area contributed by atoms with Crippen molar-refractivity contribution in [3.05, 3.63) is 29.1 Å². The maximum absolute atomic E-state index is 10.7. The molecule has 0 N–H and O–H groups in total. The van der Waals surface area contributed by atoms with Crippen LogP contribution in [0.4, 0.5) is 5.00 Å². The Labute approximate surface area is 114 Å². The zero-order chi connectivity index (χ0) is 12.4. The van der Waals surface area contributed by atoms with Gasteiger partial charge in [0.1, 0.15) is 0 Å². The van der Waals surface area contributed by atoms with Crippen LogP contribution in [0.1, 0.15) is 9.67 Å². The fraction of sp³-hybridized carbons (Fsp3) is 0.308. The lowest BCUT2D eigenvalue weighted by Crippen LogP contribution is -2.35. The number of morpholine rings is 1. The van der Waals surface area contributed by atoms with Gasteiger partial charge in [-0.25, -0.2) is 0 Å². The molecule has 3 nitrogen and oxygen atoms in total. The third-order valence-electron chi connectivity index (χ3n) is 2.90. The first-order chi connectivity index (χ1) is 8.86. The number of carbonyl (C=O) groups is 1. The van der Waals surface area contributed by atoms with Gasteiger partial charge in [0.05, 0.1) is 23.1 Å². The minimum Gasteiger partial charge on any atom is -0.378 e. The van der Waals surface area contributed by atoms with E-state index in [1.54, 1.807) is 22.7 Å². The molecule has 0 spiro atoms. The molecule has 5 heteroatoms. The Morgan fingerprint density at radius 1 is 1.06 bits per heavy atom. The molecule has 0 radical (unpaired) electrons. The summed E-state index contributed by atoms with van der Waals surface area (Å²) in [6.07, 6.45) is 0.907. The summed E-state index contributed by atoms with van der Waals surface area (Å²) in [5.41, 5.74) is 0. The summed E-state index contributed by atoms with van der Waals surface area (Å²) >= 11 is 3.33. The largest absolute Gasteiger partial charge is 0.378 e. The first kappa shape index (κ1) is 11.9. The zero-order valence-electron chi connectivity index (χ0n) is 9.80. The quantitative estimate of drug-likeness (QED) is 0.808. The minimum absolute atomic E-state index is 0.784. The summed E-state index contributed by atoms with van der Waals surface area (Å²) in [6.45, 7) is 3.54. The van der Waals surface area contributed by atoms with Gasteiger partial charge < -0.3 is 9.64 Å². The van der Waals surface area contributed by atoms with E-state index in [9.17, 15) is 4.79 Å². The number of ether oxygens (including phenoxy) is 1. The Kier molecular flexibility index (Phi) is 3.45. The molecule has 0 unspecified atom stereocenters. The average molecular weight is 279 g/mol. The van der Waals surface area contributed by atoms with E-state index in [0.29, 0.717) is 0 Å². The van der Waals surface area contributed by atoms with Gasteiger partial charge in [0.15, 0.2) is 6.29 Å². The monoisotopic (exact) mass is 279 g/mol. The molecule has 3 rings (SSSR count). The SMILES string of the molecule is O=Cc1ccc(-c2ccc(N3CCOCC3)s2)s1. The van der Waals surface area contributed by atoms with E-state index in [1.807, 2.05) is 12.1 Å². The van der Waals surface area contributed by atoms with Crippen LogP contribution in [0, 0.1) is 0 Å². The molecule has 3 heterocycles. The molecule has 0 amide bonds. The highest BCUT2D eigenvalue weighted by molar-refractivity contribution is 7.24. The van der Waals surface area contributed by atoms with E-state index in [-0.39, 0.29) is 0 Å². The maximum Gasteiger partial charge on any atom is 0.160 e. The van der Waals surface area contributed by atoms with E-state index >= 15 is 0 Å². The Morgan fingerprint density at radius 2 is 1.78 bits per heavy atom. The fourth-order valence-corrected chi connectivity index (χ4v) is 3.93. The molecule has 1 aliphatic heterocycles.